The Bertz CT molecular complexity index is 690. The lowest BCUT2D eigenvalue weighted by Crippen LogP contribution is -2.36. The molecule has 0 aliphatic heterocycles. The van der Waals surface area contributed by atoms with Crippen LogP contribution in [0.2, 0.25) is 0 Å². The summed E-state index contributed by atoms with van der Waals surface area (Å²) in [6.45, 7) is 8.98. The summed E-state index contributed by atoms with van der Waals surface area (Å²) in [5, 5.41) is 14.7. The Morgan fingerprint density at radius 2 is 2.04 bits per heavy atom. The molecule has 0 aliphatic carbocycles. The van der Waals surface area contributed by atoms with Gasteiger partial charge >= 0.3 is 0 Å². The molecule has 25 heavy (non-hydrogen) atoms. The van der Waals surface area contributed by atoms with E-state index >= 15 is 0 Å². The molecular formula is C16H28N8O. The third kappa shape index (κ3) is 4.85. The van der Waals surface area contributed by atoms with Crippen LogP contribution in [0.4, 0.5) is 0 Å². The van der Waals surface area contributed by atoms with Crippen LogP contribution in [0.1, 0.15) is 45.4 Å². The van der Waals surface area contributed by atoms with Crippen LogP contribution in [-0.4, -0.2) is 53.7 Å². The molecule has 2 aromatic rings. The van der Waals surface area contributed by atoms with E-state index in [4.69, 9.17) is 0 Å². The molecule has 9 nitrogen and oxygen atoms in total. The van der Waals surface area contributed by atoms with E-state index in [0.29, 0.717) is 18.4 Å². The highest BCUT2D eigenvalue weighted by molar-refractivity contribution is 5.76. The van der Waals surface area contributed by atoms with Crippen LogP contribution in [0, 0.1) is 5.92 Å². The zero-order valence-corrected chi connectivity index (χ0v) is 15.8. The van der Waals surface area contributed by atoms with Crippen molar-refractivity contribution in [3.8, 4) is 0 Å². The van der Waals surface area contributed by atoms with E-state index < -0.39 is 0 Å². The van der Waals surface area contributed by atoms with Crippen molar-refractivity contribution in [3.63, 3.8) is 0 Å². The molecule has 2 aromatic heterocycles. The number of amides is 1. The molecular weight excluding hydrogens is 320 g/mol. The maximum atomic E-state index is 12.5. The predicted molar refractivity (Wildman–Crippen MR) is 93.3 cm³/mol. The Balaban J connectivity index is 2.05. The van der Waals surface area contributed by atoms with E-state index in [0.717, 1.165) is 5.82 Å². The second-order valence-electron chi connectivity index (χ2n) is 6.95. The molecule has 138 valence electrons. The Morgan fingerprint density at radius 1 is 1.32 bits per heavy atom. The molecule has 0 bridgehead atoms. The van der Waals surface area contributed by atoms with Crippen molar-refractivity contribution in [1.82, 2.24) is 40.0 Å². The summed E-state index contributed by atoms with van der Waals surface area (Å²) < 4.78 is 3.47. The van der Waals surface area contributed by atoms with Crippen molar-refractivity contribution in [2.75, 3.05) is 7.05 Å². The summed E-state index contributed by atoms with van der Waals surface area (Å²) in [5.74, 6) is 1.58. The van der Waals surface area contributed by atoms with Crippen molar-refractivity contribution in [1.29, 1.82) is 0 Å². The van der Waals surface area contributed by atoms with E-state index in [9.17, 15) is 4.79 Å². The lowest BCUT2D eigenvalue weighted by Gasteiger charge is -2.22. The van der Waals surface area contributed by atoms with Crippen LogP contribution in [0.5, 0.6) is 0 Å². The van der Waals surface area contributed by atoms with Crippen LogP contribution >= 0.6 is 0 Å². The Morgan fingerprint density at radius 3 is 2.60 bits per heavy atom. The largest absolute Gasteiger partial charge is 0.344 e. The van der Waals surface area contributed by atoms with Gasteiger partial charge in [0.2, 0.25) is 5.91 Å². The first kappa shape index (κ1) is 19.0. The first-order chi connectivity index (χ1) is 11.8. The number of nitrogens with zero attached hydrogens (tertiary/aromatic N) is 7. The van der Waals surface area contributed by atoms with E-state index in [1.807, 2.05) is 24.9 Å². The third-order valence-electron chi connectivity index (χ3n) is 4.29. The van der Waals surface area contributed by atoms with Crippen molar-refractivity contribution in [3.05, 3.63) is 24.0 Å². The number of tetrazole rings is 1. The summed E-state index contributed by atoms with van der Waals surface area (Å²) in [5.41, 5.74) is 0. The van der Waals surface area contributed by atoms with Gasteiger partial charge in [0.05, 0.1) is 12.6 Å². The van der Waals surface area contributed by atoms with E-state index in [1.54, 1.807) is 10.9 Å². The van der Waals surface area contributed by atoms with Gasteiger partial charge in [0.1, 0.15) is 12.4 Å². The van der Waals surface area contributed by atoms with Gasteiger partial charge in [-0.05, 0) is 37.2 Å². The minimum Gasteiger partial charge on any atom is -0.344 e. The topological polar surface area (TPSA) is 93.8 Å². The van der Waals surface area contributed by atoms with Gasteiger partial charge in [0.15, 0.2) is 5.82 Å². The number of imidazole rings is 1. The zero-order chi connectivity index (χ0) is 18.6. The molecule has 9 heteroatoms. The molecule has 0 spiro atoms. The third-order valence-corrected chi connectivity index (χ3v) is 4.29. The molecule has 1 unspecified atom stereocenters. The number of aromatic nitrogens is 6. The fourth-order valence-corrected chi connectivity index (χ4v) is 2.43. The fourth-order valence-electron chi connectivity index (χ4n) is 2.43. The summed E-state index contributed by atoms with van der Waals surface area (Å²) >= 11 is 0. The smallest absolute Gasteiger partial charge is 0.242 e. The van der Waals surface area contributed by atoms with Gasteiger partial charge in [-0.15, -0.1) is 5.10 Å². The minimum absolute atomic E-state index is 0.0852. The molecule has 2 rings (SSSR count). The second-order valence-corrected chi connectivity index (χ2v) is 6.95. The molecule has 0 aliphatic rings. The molecule has 1 atom stereocenters. The number of nitrogens with one attached hydrogen (secondary N) is 1. The zero-order valence-electron chi connectivity index (χ0n) is 15.8. The standard InChI is InChI=1S/C16H28N8O/c1-11(2)15(16-17-7-8-22(16)5)18-14(25)10-24-13(19-20-21-24)9-23(6)12(3)4/h7-8,11-12,15H,9-10H2,1-6H3,(H,18,25). The Hall–Kier alpha value is -2.29. The molecule has 0 fully saturated rings. The normalized spacial score (nSPS) is 13.0. The number of carbonyl (C=O) groups excluding carboxylic acids is 1. The maximum absolute atomic E-state index is 12.5. The predicted octanol–water partition coefficient (Wildman–Crippen LogP) is 0.760. The maximum Gasteiger partial charge on any atom is 0.242 e. The van der Waals surface area contributed by atoms with Gasteiger partial charge in [0.25, 0.3) is 0 Å². The number of carbonyl (C=O) groups is 1. The number of aryl methyl sites for hydroxylation is 1. The summed E-state index contributed by atoms with van der Waals surface area (Å²) in [4.78, 5) is 19.0. The summed E-state index contributed by atoms with van der Waals surface area (Å²) in [7, 11) is 3.92. The Labute approximate surface area is 148 Å². The molecule has 0 saturated carbocycles. The van der Waals surface area contributed by atoms with Gasteiger partial charge in [-0.3, -0.25) is 9.69 Å². The van der Waals surface area contributed by atoms with Gasteiger partial charge in [-0.25, -0.2) is 9.67 Å². The van der Waals surface area contributed by atoms with E-state index in [-0.39, 0.29) is 24.4 Å². The minimum atomic E-state index is -0.161. The van der Waals surface area contributed by atoms with Gasteiger partial charge in [-0.1, -0.05) is 13.8 Å². The van der Waals surface area contributed by atoms with Crippen LogP contribution in [0.15, 0.2) is 12.4 Å². The van der Waals surface area contributed by atoms with E-state index in [1.165, 1.54) is 0 Å². The van der Waals surface area contributed by atoms with Crippen LogP contribution in [-0.2, 0) is 24.9 Å². The highest BCUT2D eigenvalue weighted by atomic mass is 16.2. The number of rotatable bonds is 8. The van der Waals surface area contributed by atoms with E-state index in [2.05, 4.69) is 58.4 Å². The number of hydrogen-bond acceptors (Lipinski definition) is 6. The highest BCUT2D eigenvalue weighted by Crippen LogP contribution is 2.19. The first-order valence-corrected chi connectivity index (χ1v) is 8.51. The SMILES string of the molecule is CC(C)C(NC(=O)Cn1nnnc1CN(C)C(C)C)c1nccn1C. The quantitative estimate of drug-likeness (QED) is 0.757. The van der Waals surface area contributed by atoms with Crippen molar-refractivity contribution in [2.45, 2.75) is 52.9 Å². The van der Waals surface area contributed by atoms with Crippen LogP contribution in [0.3, 0.4) is 0 Å². The Kier molecular flexibility index (Phi) is 6.24. The fraction of sp³-hybridized carbons (Fsp3) is 0.688. The van der Waals surface area contributed by atoms with Crippen molar-refractivity contribution >= 4 is 5.91 Å². The van der Waals surface area contributed by atoms with Crippen molar-refractivity contribution in [2.24, 2.45) is 13.0 Å². The monoisotopic (exact) mass is 348 g/mol. The van der Waals surface area contributed by atoms with Crippen LogP contribution < -0.4 is 5.32 Å². The second kappa shape index (κ2) is 8.19. The van der Waals surface area contributed by atoms with Gasteiger partial charge < -0.3 is 9.88 Å². The summed E-state index contributed by atoms with van der Waals surface area (Å²) in [6, 6.07) is 0.207. The molecule has 2 heterocycles. The molecule has 1 N–H and O–H groups in total. The molecule has 0 saturated heterocycles. The van der Waals surface area contributed by atoms with Gasteiger partial charge in [0, 0.05) is 25.5 Å². The number of hydrogen-bond donors (Lipinski definition) is 1. The lowest BCUT2D eigenvalue weighted by molar-refractivity contribution is -0.123. The molecule has 1 amide bonds. The van der Waals surface area contributed by atoms with Crippen LogP contribution in [0.25, 0.3) is 0 Å². The highest BCUT2D eigenvalue weighted by Gasteiger charge is 2.23. The first-order valence-electron chi connectivity index (χ1n) is 8.51. The lowest BCUT2D eigenvalue weighted by atomic mass is 10.0. The average Bonchev–Trinajstić information content (AvgIpc) is 3.14. The molecule has 0 aromatic carbocycles. The molecule has 0 radical (unpaired) electrons. The van der Waals surface area contributed by atoms with Gasteiger partial charge in [-0.2, -0.15) is 0 Å². The summed E-state index contributed by atoms with van der Waals surface area (Å²) in [6.07, 6.45) is 3.61. The average molecular weight is 348 g/mol. The van der Waals surface area contributed by atoms with Crippen molar-refractivity contribution < 1.29 is 4.79 Å².